The fraction of sp³-hybridized carbons (Fsp3) is 0.364. The van der Waals surface area contributed by atoms with Crippen molar-refractivity contribution in [1.29, 1.82) is 0 Å². The highest BCUT2D eigenvalue weighted by molar-refractivity contribution is 6.09. The summed E-state index contributed by atoms with van der Waals surface area (Å²) < 4.78 is 5.11. The van der Waals surface area contributed by atoms with Crippen LogP contribution in [0.1, 0.15) is 41.0 Å². The zero-order valence-electron chi connectivity index (χ0n) is 16.9. The largest absolute Gasteiger partial charge is 0.497 e. The van der Waals surface area contributed by atoms with E-state index in [0.717, 1.165) is 6.42 Å². The Morgan fingerprint density at radius 3 is 2.36 bits per heavy atom. The molecule has 150 valence electrons. The minimum atomic E-state index is -0.285. The van der Waals surface area contributed by atoms with Gasteiger partial charge >= 0.3 is 0 Å². The van der Waals surface area contributed by atoms with Gasteiger partial charge in [-0.05, 0) is 48.7 Å². The van der Waals surface area contributed by atoms with Crippen molar-refractivity contribution in [2.24, 2.45) is 11.7 Å². The lowest BCUT2D eigenvalue weighted by molar-refractivity contribution is 0.0790. The van der Waals surface area contributed by atoms with E-state index in [1.54, 1.807) is 67.6 Å². The van der Waals surface area contributed by atoms with Crippen LogP contribution in [-0.4, -0.2) is 43.5 Å². The summed E-state index contributed by atoms with van der Waals surface area (Å²) in [6.45, 7) is 4.69. The number of nitrogens with one attached hydrogen (secondary N) is 1. The summed E-state index contributed by atoms with van der Waals surface area (Å²) in [4.78, 5) is 27.1. The third-order valence-electron chi connectivity index (χ3n) is 4.76. The van der Waals surface area contributed by atoms with Gasteiger partial charge in [-0.2, -0.15) is 0 Å². The summed E-state index contributed by atoms with van der Waals surface area (Å²) in [5.41, 5.74) is 7.50. The maximum atomic E-state index is 12.9. The molecule has 2 aromatic rings. The first-order chi connectivity index (χ1) is 13.3. The van der Waals surface area contributed by atoms with Crippen molar-refractivity contribution in [3.05, 3.63) is 59.7 Å². The van der Waals surface area contributed by atoms with Crippen molar-refractivity contribution in [1.82, 2.24) is 4.90 Å². The Balaban J connectivity index is 2.10. The van der Waals surface area contributed by atoms with E-state index in [-0.39, 0.29) is 17.9 Å². The summed E-state index contributed by atoms with van der Waals surface area (Å²) in [5, 5.41) is 2.83. The lowest BCUT2D eigenvalue weighted by Crippen LogP contribution is -2.35. The van der Waals surface area contributed by atoms with E-state index in [9.17, 15) is 9.59 Å². The number of carbonyl (C=O) groups excluding carboxylic acids is 2. The molecule has 2 amide bonds. The quantitative estimate of drug-likeness (QED) is 0.732. The van der Waals surface area contributed by atoms with E-state index in [0.29, 0.717) is 35.0 Å². The second kappa shape index (κ2) is 9.90. The Morgan fingerprint density at radius 1 is 1.11 bits per heavy atom. The van der Waals surface area contributed by atoms with Crippen molar-refractivity contribution >= 4 is 17.5 Å². The molecular weight excluding hydrogens is 354 g/mol. The average Bonchev–Trinajstić information content (AvgIpc) is 2.71. The molecule has 0 saturated heterocycles. The van der Waals surface area contributed by atoms with E-state index in [1.165, 1.54) is 0 Å². The standard InChI is InChI=1S/C22H29N3O3/c1-15(2)19(23)13-14-25(3)22(27)18-7-5-6-8-20(18)24-21(26)16-9-11-17(28-4)12-10-16/h5-12,15,19H,13-14,23H2,1-4H3,(H,24,26). The number of hydrogen-bond acceptors (Lipinski definition) is 4. The lowest BCUT2D eigenvalue weighted by Gasteiger charge is -2.22. The van der Waals surface area contributed by atoms with E-state index in [2.05, 4.69) is 19.2 Å². The van der Waals surface area contributed by atoms with Crippen LogP contribution in [0.2, 0.25) is 0 Å². The molecule has 3 N–H and O–H groups in total. The van der Waals surface area contributed by atoms with Crippen LogP contribution in [0.5, 0.6) is 5.75 Å². The molecule has 2 rings (SSSR count). The Hall–Kier alpha value is -2.86. The summed E-state index contributed by atoms with van der Waals surface area (Å²) >= 11 is 0. The van der Waals surface area contributed by atoms with Gasteiger partial charge in [-0.25, -0.2) is 0 Å². The number of anilines is 1. The highest BCUT2D eigenvalue weighted by atomic mass is 16.5. The molecule has 0 bridgehead atoms. The fourth-order valence-corrected chi connectivity index (χ4v) is 2.70. The minimum absolute atomic E-state index is 0.0419. The maximum absolute atomic E-state index is 12.9. The first-order valence-corrected chi connectivity index (χ1v) is 9.39. The summed E-state index contributed by atoms with van der Waals surface area (Å²) in [7, 11) is 3.32. The Labute approximate surface area is 166 Å². The van der Waals surface area contributed by atoms with Gasteiger partial charge in [0.2, 0.25) is 0 Å². The second-order valence-corrected chi connectivity index (χ2v) is 7.15. The first kappa shape index (κ1) is 21.4. The number of hydrogen-bond donors (Lipinski definition) is 2. The van der Waals surface area contributed by atoms with Crippen molar-refractivity contribution < 1.29 is 14.3 Å². The van der Waals surface area contributed by atoms with Gasteiger partial charge in [-0.3, -0.25) is 9.59 Å². The van der Waals surface area contributed by atoms with Gasteiger partial charge in [-0.15, -0.1) is 0 Å². The Kier molecular flexibility index (Phi) is 7.58. The molecule has 0 aliphatic heterocycles. The third kappa shape index (κ3) is 5.57. The molecule has 1 unspecified atom stereocenters. The summed E-state index contributed by atoms with van der Waals surface area (Å²) in [5.74, 6) is 0.599. The van der Waals surface area contributed by atoms with Crippen LogP contribution >= 0.6 is 0 Å². The molecule has 0 aliphatic carbocycles. The van der Waals surface area contributed by atoms with E-state index in [4.69, 9.17) is 10.5 Å². The normalized spacial score (nSPS) is 11.8. The first-order valence-electron chi connectivity index (χ1n) is 9.39. The number of methoxy groups -OCH3 is 1. The van der Waals surface area contributed by atoms with Gasteiger partial charge in [0, 0.05) is 25.2 Å². The molecule has 0 aromatic heterocycles. The monoisotopic (exact) mass is 383 g/mol. The smallest absolute Gasteiger partial charge is 0.255 e. The molecule has 0 fully saturated rings. The summed E-state index contributed by atoms with van der Waals surface area (Å²) in [6, 6.07) is 13.8. The Bertz CT molecular complexity index is 803. The fourth-order valence-electron chi connectivity index (χ4n) is 2.70. The highest BCUT2D eigenvalue weighted by Gasteiger charge is 2.18. The lowest BCUT2D eigenvalue weighted by atomic mass is 10.0. The van der Waals surface area contributed by atoms with Gasteiger partial charge < -0.3 is 20.7 Å². The molecule has 1 atom stereocenters. The van der Waals surface area contributed by atoms with Crippen LogP contribution < -0.4 is 15.8 Å². The second-order valence-electron chi connectivity index (χ2n) is 7.15. The van der Waals surface area contributed by atoms with Gasteiger partial charge in [0.05, 0.1) is 18.4 Å². The number of rotatable bonds is 8. The average molecular weight is 383 g/mol. The van der Waals surface area contributed by atoms with Crippen LogP contribution in [0, 0.1) is 5.92 Å². The Morgan fingerprint density at radius 2 is 1.75 bits per heavy atom. The molecule has 0 spiro atoms. The topological polar surface area (TPSA) is 84.7 Å². The number of para-hydroxylation sites is 1. The van der Waals surface area contributed by atoms with Gasteiger partial charge in [-0.1, -0.05) is 26.0 Å². The zero-order valence-corrected chi connectivity index (χ0v) is 16.9. The molecule has 6 heteroatoms. The van der Waals surface area contributed by atoms with E-state index >= 15 is 0 Å². The molecule has 0 radical (unpaired) electrons. The molecule has 6 nitrogen and oxygen atoms in total. The van der Waals surface area contributed by atoms with Gasteiger partial charge in [0.1, 0.15) is 5.75 Å². The maximum Gasteiger partial charge on any atom is 0.255 e. The van der Waals surface area contributed by atoms with E-state index < -0.39 is 0 Å². The SMILES string of the molecule is COc1ccc(C(=O)Nc2ccccc2C(=O)N(C)CCC(N)C(C)C)cc1. The molecule has 0 saturated carbocycles. The number of benzene rings is 2. The van der Waals surface area contributed by atoms with Gasteiger partial charge in [0.15, 0.2) is 0 Å². The molecule has 0 heterocycles. The van der Waals surface area contributed by atoms with Crippen molar-refractivity contribution in [3.8, 4) is 5.75 Å². The van der Waals surface area contributed by atoms with E-state index in [1.807, 2.05) is 0 Å². The zero-order chi connectivity index (χ0) is 20.7. The van der Waals surface area contributed by atoms with Crippen molar-refractivity contribution in [2.75, 3.05) is 26.0 Å². The molecule has 28 heavy (non-hydrogen) atoms. The van der Waals surface area contributed by atoms with Crippen molar-refractivity contribution in [2.45, 2.75) is 26.3 Å². The summed E-state index contributed by atoms with van der Waals surface area (Å²) in [6.07, 6.45) is 0.723. The van der Waals surface area contributed by atoms with Crippen LogP contribution in [0.3, 0.4) is 0 Å². The highest BCUT2D eigenvalue weighted by Crippen LogP contribution is 2.19. The van der Waals surface area contributed by atoms with Crippen LogP contribution in [-0.2, 0) is 0 Å². The third-order valence-corrected chi connectivity index (χ3v) is 4.76. The minimum Gasteiger partial charge on any atom is -0.497 e. The van der Waals surface area contributed by atoms with Crippen LogP contribution in [0.25, 0.3) is 0 Å². The van der Waals surface area contributed by atoms with Crippen molar-refractivity contribution in [3.63, 3.8) is 0 Å². The molecular formula is C22H29N3O3. The number of amides is 2. The number of nitrogens with zero attached hydrogens (tertiary/aromatic N) is 1. The van der Waals surface area contributed by atoms with Gasteiger partial charge in [0.25, 0.3) is 11.8 Å². The number of ether oxygens (including phenoxy) is 1. The van der Waals surface area contributed by atoms with Crippen LogP contribution in [0.4, 0.5) is 5.69 Å². The molecule has 2 aromatic carbocycles. The number of nitrogens with two attached hydrogens (primary N) is 1. The predicted molar refractivity (Wildman–Crippen MR) is 112 cm³/mol. The van der Waals surface area contributed by atoms with Crippen LogP contribution in [0.15, 0.2) is 48.5 Å². The predicted octanol–water partition coefficient (Wildman–Crippen LogP) is 3.39. The molecule has 0 aliphatic rings. The number of carbonyl (C=O) groups is 2.